The quantitative estimate of drug-likeness (QED) is 0.547. The highest BCUT2D eigenvalue weighted by Crippen LogP contribution is 2.30. The van der Waals surface area contributed by atoms with E-state index in [1.54, 1.807) is 18.3 Å². The summed E-state index contributed by atoms with van der Waals surface area (Å²) >= 11 is 6.00. The second-order valence-electron chi connectivity index (χ2n) is 7.53. The van der Waals surface area contributed by atoms with Gasteiger partial charge in [-0.1, -0.05) is 54.1 Å². The van der Waals surface area contributed by atoms with Gasteiger partial charge in [-0.2, -0.15) is 0 Å². The zero-order chi connectivity index (χ0) is 20.7. The van der Waals surface area contributed by atoms with E-state index in [2.05, 4.69) is 5.10 Å². The van der Waals surface area contributed by atoms with Crippen LogP contribution in [0, 0.1) is 0 Å². The predicted octanol–water partition coefficient (Wildman–Crippen LogP) is 3.86. The molecule has 3 heterocycles. The third-order valence-corrected chi connectivity index (χ3v) is 5.77. The van der Waals surface area contributed by atoms with Crippen LogP contribution in [0.4, 0.5) is 0 Å². The Labute approximate surface area is 177 Å². The van der Waals surface area contributed by atoms with E-state index in [0.717, 1.165) is 16.7 Å². The summed E-state index contributed by atoms with van der Waals surface area (Å²) in [6.07, 6.45) is 2.12. The number of halogens is 1. The SMILES string of the molecule is O=C1CC(c2cc(=O)n3[nH]cc(-c4ccc(Cl)cc4)c3n2)CN1Cc1ccccc1. The molecule has 1 aliphatic heterocycles. The van der Waals surface area contributed by atoms with E-state index >= 15 is 0 Å². The highest BCUT2D eigenvalue weighted by atomic mass is 35.5. The third-order valence-electron chi connectivity index (χ3n) is 5.52. The Morgan fingerprint density at radius 1 is 1.07 bits per heavy atom. The Balaban J connectivity index is 1.47. The number of carbonyl (C=O) groups excluding carboxylic acids is 1. The third kappa shape index (κ3) is 3.39. The van der Waals surface area contributed by atoms with Gasteiger partial charge in [-0.3, -0.25) is 14.7 Å². The summed E-state index contributed by atoms with van der Waals surface area (Å²) in [6, 6.07) is 18.8. The van der Waals surface area contributed by atoms with Crippen LogP contribution in [-0.2, 0) is 11.3 Å². The van der Waals surface area contributed by atoms with Gasteiger partial charge in [0.15, 0.2) is 5.65 Å². The minimum Gasteiger partial charge on any atom is -0.338 e. The largest absolute Gasteiger partial charge is 0.338 e. The first-order chi connectivity index (χ1) is 14.6. The summed E-state index contributed by atoms with van der Waals surface area (Å²) in [6.45, 7) is 1.12. The Hall–Kier alpha value is -3.38. The van der Waals surface area contributed by atoms with Crippen molar-refractivity contribution in [2.75, 3.05) is 6.54 Å². The molecule has 1 unspecified atom stereocenters. The minimum atomic E-state index is -0.191. The van der Waals surface area contributed by atoms with Crippen LogP contribution < -0.4 is 5.56 Å². The number of carbonyl (C=O) groups is 1. The van der Waals surface area contributed by atoms with Gasteiger partial charge in [-0.25, -0.2) is 9.50 Å². The van der Waals surface area contributed by atoms with Crippen LogP contribution in [0.5, 0.6) is 0 Å². The molecule has 150 valence electrons. The number of nitrogens with one attached hydrogen (secondary N) is 1. The molecule has 30 heavy (non-hydrogen) atoms. The number of amides is 1. The molecule has 7 heteroatoms. The summed E-state index contributed by atoms with van der Waals surface area (Å²) < 4.78 is 1.42. The first kappa shape index (κ1) is 18.6. The van der Waals surface area contributed by atoms with Gasteiger partial charge in [-0.05, 0) is 23.3 Å². The lowest BCUT2D eigenvalue weighted by Gasteiger charge is -2.16. The molecule has 4 aromatic rings. The zero-order valence-electron chi connectivity index (χ0n) is 16.1. The zero-order valence-corrected chi connectivity index (χ0v) is 16.8. The second-order valence-corrected chi connectivity index (χ2v) is 7.97. The van der Waals surface area contributed by atoms with E-state index in [1.807, 2.05) is 47.4 Å². The van der Waals surface area contributed by atoms with E-state index < -0.39 is 0 Å². The van der Waals surface area contributed by atoms with Crippen molar-refractivity contribution < 1.29 is 4.79 Å². The highest BCUT2D eigenvalue weighted by Gasteiger charge is 2.32. The fourth-order valence-corrected chi connectivity index (χ4v) is 4.10. The molecule has 1 fully saturated rings. The molecule has 0 saturated carbocycles. The lowest BCUT2D eigenvalue weighted by Crippen LogP contribution is -2.24. The molecule has 0 bridgehead atoms. The Bertz CT molecular complexity index is 1280. The fraction of sp³-hybridized carbons (Fsp3) is 0.174. The van der Waals surface area contributed by atoms with Crippen molar-refractivity contribution in [1.82, 2.24) is 19.5 Å². The Morgan fingerprint density at radius 3 is 2.60 bits per heavy atom. The van der Waals surface area contributed by atoms with Crippen LogP contribution in [0.3, 0.4) is 0 Å². The Morgan fingerprint density at radius 2 is 1.83 bits per heavy atom. The van der Waals surface area contributed by atoms with Crippen LogP contribution in [0.25, 0.3) is 16.8 Å². The smallest absolute Gasteiger partial charge is 0.272 e. The van der Waals surface area contributed by atoms with Gasteiger partial charge in [0.2, 0.25) is 5.91 Å². The maximum absolute atomic E-state index is 12.7. The van der Waals surface area contributed by atoms with Gasteiger partial charge in [0, 0.05) is 48.3 Å². The molecule has 6 nitrogen and oxygen atoms in total. The van der Waals surface area contributed by atoms with Crippen LogP contribution in [0.2, 0.25) is 5.02 Å². The number of hydrogen-bond donors (Lipinski definition) is 1. The molecular formula is C23H19ClN4O2. The summed E-state index contributed by atoms with van der Waals surface area (Å²) in [5, 5.41) is 3.61. The van der Waals surface area contributed by atoms with E-state index in [1.165, 1.54) is 10.6 Å². The summed E-state index contributed by atoms with van der Waals surface area (Å²) in [4.78, 5) is 31.9. The number of nitrogens with zero attached hydrogens (tertiary/aromatic N) is 3. The molecule has 0 aliphatic carbocycles. The monoisotopic (exact) mass is 418 g/mol. The number of aromatic nitrogens is 3. The van der Waals surface area contributed by atoms with E-state index in [9.17, 15) is 9.59 Å². The topological polar surface area (TPSA) is 70.5 Å². The molecule has 2 aromatic heterocycles. The average Bonchev–Trinajstić information content (AvgIpc) is 3.34. The number of likely N-dealkylation sites (tertiary alicyclic amines) is 1. The van der Waals surface area contributed by atoms with Gasteiger partial charge in [-0.15, -0.1) is 0 Å². The molecular weight excluding hydrogens is 400 g/mol. The van der Waals surface area contributed by atoms with Crippen molar-refractivity contribution in [3.05, 3.63) is 93.5 Å². The second kappa shape index (κ2) is 7.46. The van der Waals surface area contributed by atoms with Crippen molar-refractivity contribution in [3.8, 4) is 11.1 Å². The van der Waals surface area contributed by atoms with Gasteiger partial charge in [0.05, 0.1) is 5.69 Å². The molecule has 2 aromatic carbocycles. The lowest BCUT2D eigenvalue weighted by molar-refractivity contribution is -0.128. The molecule has 0 spiro atoms. The number of aromatic amines is 1. The lowest BCUT2D eigenvalue weighted by atomic mass is 10.0. The van der Waals surface area contributed by atoms with Gasteiger partial charge < -0.3 is 4.90 Å². The number of rotatable bonds is 4. The molecule has 1 N–H and O–H groups in total. The van der Waals surface area contributed by atoms with E-state index in [4.69, 9.17) is 16.6 Å². The van der Waals surface area contributed by atoms with Crippen LogP contribution in [0.1, 0.15) is 23.6 Å². The van der Waals surface area contributed by atoms with Crippen molar-refractivity contribution in [2.45, 2.75) is 18.9 Å². The summed E-state index contributed by atoms with van der Waals surface area (Å²) in [5.41, 5.74) is 3.83. The molecule has 1 aliphatic rings. The van der Waals surface area contributed by atoms with Crippen molar-refractivity contribution in [3.63, 3.8) is 0 Å². The van der Waals surface area contributed by atoms with Gasteiger partial charge in [0.1, 0.15) is 0 Å². The van der Waals surface area contributed by atoms with Crippen LogP contribution in [0.15, 0.2) is 71.7 Å². The molecule has 1 atom stereocenters. The first-order valence-corrected chi connectivity index (χ1v) is 10.1. The molecule has 1 saturated heterocycles. The fourth-order valence-electron chi connectivity index (χ4n) is 3.98. The number of benzene rings is 2. The summed E-state index contributed by atoms with van der Waals surface area (Å²) in [7, 11) is 0. The van der Waals surface area contributed by atoms with Crippen molar-refractivity contribution in [2.24, 2.45) is 0 Å². The van der Waals surface area contributed by atoms with E-state index in [0.29, 0.717) is 35.9 Å². The highest BCUT2D eigenvalue weighted by molar-refractivity contribution is 6.30. The van der Waals surface area contributed by atoms with E-state index in [-0.39, 0.29) is 17.4 Å². The normalized spacial score (nSPS) is 16.5. The standard InChI is InChI=1S/C23H19ClN4O2/c24-18-8-6-16(7-9-18)19-12-25-28-22(30)11-20(26-23(19)28)17-10-21(29)27(14-17)13-15-4-2-1-3-5-15/h1-9,11-12,17,25H,10,13-14H2. The first-order valence-electron chi connectivity index (χ1n) is 9.77. The average molecular weight is 419 g/mol. The maximum Gasteiger partial charge on any atom is 0.272 e. The Kier molecular flexibility index (Phi) is 4.64. The predicted molar refractivity (Wildman–Crippen MR) is 115 cm³/mol. The summed E-state index contributed by atoms with van der Waals surface area (Å²) in [5.74, 6) is -0.0234. The van der Waals surface area contributed by atoms with Gasteiger partial charge >= 0.3 is 0 Å². The van der Waals surface area contributed by atoms with Crippen LogP contribution in [-0.4, -0.2) is 31.9 Å². The number of H-pyrrole nitrogens is 1. The minimum absolute atomic E-state index is 0.0813. The molecule has 5 rings (SSSR count). The maximum atomic E-state index is 12.7. The molecule has 0 radical (unpaired) electrons. The van der Waals surface area contributed by atoms with Crippen LogP contribution >= 0.6 is 11.6 Å². The molecule has 1 amide bonds. The van der Waals surface area contributed by atoms with Crippen molar-refractivity contribution >= 4 is 23.2 Å². The van der Waals surface area contributed by atoms with Crippen molar-refractivity contribution in [1.29, 1.82) is 0 Å². The number of hydrogen-bond acceptors (Lipinski definition) is 3. The van der Waals surface area contributed by atoms with Gasteiger partial charge in [0.25, 0.3) is 5.56 Å². The number of fused-ring (bicyclic) bond motifs is 1.